The molecule has 0 bridgehead atoms. The van der Waals surface area contributed by atoms with Crippen molar-refractivity contribution in [2.24, 2.45) is 5.92 Å². The summed E-state index contributed by atoms with van der Waals surface area (Å²) < 4.78 is 0. The summed E-state index contributed by atoms with van der Waals surface area (Å²) in [7, 11) is 0. The average molecular weight is 185 g/mol. The van der Waals surface area contributed by atoms with E-state index >= 15 is 0 Å². The third-order valence-electron chi connectivity index (χ3n) is 2.81. The largest absolute Gasteiger partial charge is 0.396 e. The molecule has 2 unspecified atom stereocenters. The summed E-state index contributed by atoms with van der Waals surface area (Å²) in [4.78, 5) is 11.1. The summed E-state index contributed by atoms with van der Waals surface area (Å²) in [6.07, 6.45) is 4.96. The van der Waals surface area contributed by atoms with Crippen LogP contribution < -0.4 is 5.32 Å². The van der Waals surface area contributed by atoms with E-state index in [4.69, 9.17) is 5.11 Å². The Morgan fingerprint density at radius 3 is 2.77 bits per heavy atom. The first kappa shape index (κ1) is 10.5. The molecule has 0 saturated heterocycles. The van der Waals surface area contributed by atoms with Gasteiger partial charge in [-0.1, -0.05) is 19.8 Å². The van der Waals surface area contributed by atoms with Gasteiger partial charge in [0.05, 0.1) is 0 Å². The molecule has 0 heterocycles. The Morgan fingerprint density at radius 1 is 1.46 bits per heavy atom. The van der Waals surface area contributed by atoms with Crippen LogP contribution in [0.1, 0.15) is 39.0 Å². The van der Waals surface area contributed by atoms with Crippen LogP contribution in [0.3, 0.4) is 0 Å². The van der Waals surface area contributed by atoms with Gasteiger partial charge in [0.25, 0.3) is 0 Å². The van der Waals surface area contributed by atoms with Crippen molar-refractivity contribution < 1.29 is 9.90 Å². The summed E-state index contributed by atoms with van der Waals surface area (Å²) in [5.41, 5.74) is 0. The fourth-order valence-electron chi connectivity index (χ4n) is 1.93. The SMILES string of the molecule is CCC(=O)NC1CCCCC1CO. The van der Waals surface area contributed by atoms with Crippen molar-refractivity contribution in [3.8, 4) is 0 Å². The number of carbonyl (C=O) groups excluding carboxylic acids is 1. The van der Waals surface area contributed by atoms with Gasteiger partial charge in [-0.15, -0.1) is 0 Å². The van der Waals surface area contributed by atoms with Crippen molar-refractivity contribution in [3.05, 3.63) is 0 Å². The number of amides is 1. The molecule has 1 saturated carbocycles. The quantitative estimate of drug-likeness (QED) is 0.691. The Balaban J connectivity index is 2.40. The van der Waals surface area contributed by atoms with Gasteiger partial charge >= 0.3 is 0 Å². The van der Waals surface area contributed by atoms with E-state index in [9.17, 15) is 4.79 Å². The lowest BCUT2D eigenvalue weighted by molar-refractivity contribution is -0.122. The highest BCUT2D eigenvalue weighted by Gasteiger charge is 2.25. The third-order valence-corrected chi connectivity index (χ3v) is 2.81. The molecule has 2 N–H and O–H groups in total. The zero-order valence-electron chi connectivity index (χ0n) is 8.25. The van der Waals surface area contributed by atoms with Gasteiger partial charge in [0, 0.05) is 25.0 Å². The van der Waals surface area contributed by atoms with Crippen LogP contribution >= 0.6 is 0 Å². The van der Waals surface area contributed by atoms with Crippen LogP contribution in [0.15, 0.2) is 0 Å². The van der Waals surface area contributed by atoms with Crippen LogP contribution in [0.2, 0.25) is 0 Å². The zero-order chi connectivity index (χ0) is 9.68. The smallest absolute Gasteiger partial charge is 0.219 e. The van der Waals surface area contributed by atoms with Gasteiger partial charge < -0.3 is 10.4 Å². The Bertz CT molecular complexity index is 170. The fraction of sp³-hybridized carbons (Fsp3) is 0.900. The molecule has 1 rings (SSSR count). The predicted molar refractivity (Wildman–Crippen MR) is 51.3 cm³/mol. The lowest BCUT2D eigenvalue weighted by atomic mass is 9.85. The highest BCUT2D eigenvalue weighted by molar-refractivity contribution is 5.75. The Kier molecular flexibility index (Phi) is 4.22. The van der Waals surface area contributed by atoms with E-state index in [0.29, 0.717) is 6.42 Å². The second-order valence-corrected chi connectivity index (χ2v) is 3.75. The first-order valence-electron chi connectivity index (χ1n) is 5.18. The second-order valence-electron chi connectivity index (χ2n) is 3.75. The number of hydrogen-bond donors (Lipinski definition) is 2. The van der Waals surface area contributed by atoms with Crippen molar-refractivity contribution in [2.45, 2.75) is 45.1 Å². The van der Waals surface area contributed by atoms with E-state index < -0.39 is 0 Å². The van der Waals surface area contributed by atoms with E-state index in [-0.39, 0.29) is 24.5 Å². The lowest BCUT2D eigenvalue weighted by Crippen LogP contribution is -2.43. The van der Waals surface area contributed by atoms with E-state index in [0.717, 1.165) is 12.8 Å². The highest BCUT2D eigenvalue weighted by Crippen LogP contribution is 2.23. The van der Waals surface area contributed by atoms with Crippen LogP contribution in [0, 0.1) is 5.92 Å². The van der Waals surface area contributed by atoms with Gasteiger partial charge in [0.1, 0.15) is 0 Å². The van der Waals surface area contributed by atoms with Gasteiger partial charge in [-0.05, 0) is 12.8 Å². The van der Waals surface area contributed by atoms with Crippen molar-refractivity contribution in [2.75, 3.05) is 6.61 Å². The van der Waals surface area contributed by atoms with Crippen molar-refractivity contribution >= 4 is 5.91 Å². The molecule has 13 heavy (non-hydrogen) atoms. The highest BCUT2D eigenvalue weighted by atomic mass is 16.3. The molecule has 0 aromatic rings. The first-order chi connectivity index (χ1) is 6.27. The Hall–Kier alpha value is -0.570. The maximum Gasteiger partial charge on any atom is 0.219 e. The number of aliphatic hydroxyl groups excluding tert-OH is 1. The molecular weight excluding hydrogens is 166 g/mol. The minimum Gasteiger partial charge on any atom is -0.396 e. The van der Waals surface area contributed by atoms with Crippen molar-refractivity contribution in [1.82, 2.24) is 5.32 Å². The van der Waals surface area contributed by atoms with E-state index in [1.54, 1.807) is 0 Å². The summed E-state index contributed by atoms with van der Waals surface area (Å²) in [5, 5.41) is 12.1. The molecule has 0 aromatic carbocycles. The van der Waals surface area contributed by atoms with Gasteiger partial charge in [0.2, 0.25) is 5.91 Å². The van der Waals surface area contributed by atoms with Crippen LogP contribution in [-0.4, -0.2) is 23.7 Å². The molecule has 1 fully saturated rings. The lowest BCUT2D eigenvalue weighted by Gasteiger charge is -2.30. The summed E-state index contributed by atoms with van der Waals surface area (Å²) in [6, 6.07) is 0.214. The number of rotatable bonds is 3. The summed E-state index contributed by atoms with van der Waals surface area (Å²) in [5.74, 6) is 0.384. The molecule has 0 spiro atoms. The normalized spacial score (nSPS) is 28.5. The molecule has 0 aromatic heterocycles. The number of aliphatic hydroxyl groups is 1. The molecule has 76 valence electrons. The monoisotopic (exact) mass is 185 g/mol. The fourth-order valence-corrected chi connectivity index (χ4v) is 1.93. The molecule has 1 amide bonds. The van der Waals surface area contributed by atoms with Crippen molar-refractivity contribution in [3.63, 3.8) is 0 Å². The zero-order valence-corrected chi connectivity index (χ0v) is 8.25. The van der Waals surface area contributed by atoms with Crippen molar-refractivity contribution in [1.29, 1.82) is 0 Å². The molecule has 0 radical (unpaired) electrons. The molecule has 3 nitrogen and oxygen atoms in total. The van der Waals surface area contributed by atoms with Crippen LogP contribution in [-0.2, 0) is 4.79 Å². The minimum atomic E-state index is 0.102. The number of hydrogen-bond acceptors (Lipinski definition) is 2. The number of carbonyl (C=O) groups is 1. The maximum absolute atomic E-state index is 11.1. The average Bonchev–Trinajstić information content (AvgIpc) is 2.18. The van der Waals surface area contributed by atoms with E-state index in [1.165, 1.54) is 12.8 Å². The Labute approximate surface area is 79.5 Å². The first-order valence-corrected chi connectivity index (χ1v) is 5.18. The molecule has 2 atom stereocenters. The standard InChI is InChI=1S/C10H19NO2/c1-2-10(13)11-9-6-4-3-5-8(9)7-12/h8-9,12H,2-7H2,1H3,(H,11,13). The van der Waals surface area contributed by atoms with Gasteiger partial charge in [-0.2, -0.15) is 0 Å². The van der Waals surface area contributed by atoms with Gasteiger partial charge in [-0.25, -0.2) is 0 Å². The second kappa shape index (κ2) is 5.22. The van der Waals surface area contributed by atoms with Crippen LogP contribution in [0.25, 0.3) is 0 Å². The molecule has 0 aliphatic heterocycles. The molecule has 1 aliphatic carbocycles. The van der Waals surface area contributed by atoms with E-state index in [1.807, 2.05) is 6.92 Å². The van der Waals surface area contributed by atoms with E-state index in [2.05, 4.69) is 5.32 Å². The summed E-state index contributed by atoms with van der Waals surface area (Å²) in [6.45, 7) is 2.06. The van der Waals surface area contributed by atoms with Gasteiger partial charge in [0.15, 0.2) is 0 Å². The molecule has 3 heteroatoms. The minimum absolute atomic E-state index is 0.102. The molecular formula is C10H19NO2. The maximum atomic E-state index is 11.1. The third kappa shape index (κ3) is 2.99. The van der Waals surface area contributed by atoms with Gasteiger partial charge in [-0.3, -0.25) is 4.79 Å². The number of nitrogens with one attached hydrogen (secondary N) is 1. The predicted octanol–water partition coefficient (Wildman–Crippen LogP) is 1.06. The van der Waals surface area contributed by atoms with Crippen LogP contribution in [0.5, 0.6) is 0 Å². The van der Waals surface area contributed by atoms with Crippen LogP contribution in [0.4, 0.5) is 0 Å². The topological polar surface area (TPSA) is 49.3 Å². The Morgan fingerprint density at radius 2 is 2.15 bits per heavy atom. The summed E-state index contributed by atoms with van der Waals surface area (Å²) >= 11 is 0. The molecule has 1 aliphatic rings.